The predicted octanol–water partition coefficient (Wildman–Crippen LogP) is 4.54. The van der Waals surface area contributed by atoms with Gasteiger partial charge < -0.3 is 24.2 Å². The molecule has 204 valence electrons. The molecule has 2 aromatic rings. The average Bonchev–Trinajstić information content (AvgIpc) is 3.50. The molecule has 1 saturated heterocycles. The molecule has 0 spiro atoms. The van der Waals surface area contributed by atoms with E-state index in [0.29, 0.717) is 61.8 Å². The van der Waals surface area contributed by atoms with Crippen LogP contribution in [-0.4, -0.2) is 57.5 Å². The van der Waals surface area contributed by atoms with Crippen molar-refractivity contribution in [1.82, 2.24) is 15.0 Å². The number of aryl methyl sites for hydroxylation is 1. The number of aromatic nitrogens is 1. The van der Waals surface area contributed by atoms with E-state index in [4.69, 9.17) is 20.9 Å². The van der Waals surface area contributed by atoms with Crippen molar-refractivity contribution in [2.45, 2.75) is 71.4 Å². The summed E-state index contributed by atoms with van der Waals surface area (Å²) in [5.41, 5.74) is 1.42. The minimum Gasteiger partial charge on any atom is -0.485 e. The van der Waals surface area contributed by atoms with Gasteiger partial charge >= 0.3 is 5.97 Å². The van der Waals surface area contributed by atoms with Gasteiger partial charge in [-0.3, -0.25) is 14.4 Å². The second-order valence-corrected chi connectivity index (χ2v) is 11.3. The summed E-state index contributed by atoms with van der Waals surface area (Å²) in [4.78, 5) is 42.8. The predicted molar refractivity (Wildman–Crippen MR) is 139 cm³/mol. The molecule has 2 amide bonds. The van der Waals surface area contributed by atoms with E-state index in [1.807, 2.05) is 6.92 Å². The van der Waals surface area contributed by atoms with Crippen molar-refractivity contribution in [3.63, 3.8) is 0 Å². The Balaban J connectivity index is 1.54. The van der Waals surface area contributed by atoms with Crippen LogP contribution in [0.2, 0.25) is 5.02 Å². The van der Waals surface area contributed by atoms with Crippen molar-refractivity contribution in [2.24, 2.45) is 11.3 Å². The zero-order valence-electron chi connectivity index (χ0n) is 21.9. The first-order valence-electron chi connectivity index (χ1n) is 13.4. The molecule has 2 aliphatic heterocycles. The zero-order valence-corrected chi connectivity index (χ0v) is 22.6. The van der Waals surface area contributed by atoms with Crippen LogP contribution in [0, 0.1) is 18.3 Å². The van der Waals surface area contributed by atoms with Gasteiger partial charge in [0.15, 0.2) is 5.76 Å². The Bertz CT molecular complexity index is 1250. The summed E-state index contributed by atoms with van der Waals surface area (Å²) in [7, 11) is 0. The highest BCUT2D eigenvalue weighted by Gasteiger charge is 2.50. The lowest BCUT2D eigenvalue weighted by Crippen LogP contribution is -2.52. The van der Waals surface area contributed by atoms with Crippen molar-refractivity contribution < 1.29 is 28.8 Å². The van der Waals surface area contributed by atoms with E-state index in [1.54, 1.807) is 35.1 Å². The van der Waals surface area contributed by atoms with Crippen LogP contribution < -0.4 is 4.74 Å². The number of halogens is 1. The molecule has 1 aliphatic carbocycles. The van der Waals surface area contributed by atoms with Crippen molar-refractivity contribution in [3.05, 3.63) is 45.8 Å². The maximum Gasteiger partial charge on any atom is 0.310 e. The highest BCUT2D eigenvalue weighted by atomic mass is 35.5. The lowest BCUT2D eigenvalue weighted by atomic mass is 9.66. The summed E-state index contributed by atoms with van der Waals surface area (Å²) < 4.78 is 11.5. The first kappa shape index (κ1) is 26.5. The maximum atomic E-state index is 14.2. The first-order valence-corrected chi connectivity index (χ1v) is 13.7. The normalized spacial score (nSPS) is 25.4. The van der Waals surface area contributed by atoms with E-state index in [-0.39, 0.29) is 18.4 Å². The average molecular weight is 544 g/mol. The topological polar surface area (TPSA) is 113 Å². The van der Waals surface area contributed by atoms with Gasteiger partial charge in [-0.1, -0.05) is 29.6 Å². The molecule has 3 atom stereocenters. The van der Waals surface area contributed by atoms with Gasteiger partial charge in [0.25, 0.3) is 0 Å². The number of nitrogens with zero attached hydrogens (tertiary/aromatic N) is 3. The van der Waals surface area contributed by atoms with Crippen LogP contribution in [0.4, 0.5) is 0 Å². The van der Waals surface area contributed by atoms with Gasteiger partial charge in [0.1, 0.15) is 12.4 Å². The van der Waals surface area contributed by atoms with Gasteiger partial charge in [-0.25, -0.2) is 0 Å². The third-order valence-corrected chi connectivity index (χ3v) is 8.98. The fraction of sp³-hybridized carbons (Fsp3) is 0.571. The maximum absolute atomic E-state index is 14.2. The monoisotopic (exact) mass is 543 g/mol. The van der Waals surface area contributed by atoms with Crippen LogP contribution >= 0.6 is 11.6 Å². The molecule has 0 bridgehead atoms. The number of amides is 2. The molecule has 1 N–H and O–H groups in total. The van der Waals surface area contributed by atoms with E-state index < -0.39 is 23.3 Å². The van der Waals surface area contributed by atoms with Crippen LogP contribution in [0.3, 0.4) is 0 Å². The Morgan fingerprint density at radius 3 is 2.74 bits per heavy atom. The molecule has 9 nitrogen and oxygen atoms in total. The number of rotatable bonds is 7. The number of ether oxygens (including phenoxy) is 1. The third-order valence-electron chi connectivity index (χ3n) is 8.62. The number of hydrogen-bond donors (Lipinski definition) is 1. The molecule has 1 aromatic carbocycles. The van der Waals surface area contributed by atoms with E-state index >= 15 is 0 Å². The molecule has 38 heavy (non-hydrogen) atoms. The summed E-state index contributed by atoms with van der Waals surface area (Å²) in [5, 5.41) is 14.5. The van der Waals surface area contributed by atoms with Crippen LogP contribution in [0.15, 0.2) is 22.9 Å². The Hall–Kier alpha value is -3.07. The highest BCUT2D eigenvalue weighted by molar-refractivity contribution is 6.31. The van der Waals surface area contributed by atoms with E-state index in [9.17, 15) is 19.5 Å². The minimum atomic E-state index is -1.12. The summed E-state index contributed by atoms with van der Waals surface area (Å²) in [6.45, 7) is 5.07. The molecular weight excluding hydrogens is 510 g/mol. The van der Waals surface area contributed by atoms with Gasteiger partial charge in [0.05, 0.1) is 23.6 Å². The Morgan fingerprint density at radius 2 is 2.05 bits per heavy atom. The van der Waals surface area contributed by atoms with Crippen molar-refractivity contribution >= 4 is 29.4 Å². The number of likely N-dealkylation sites (tertiary alicyclic amines) is 1. The van der Waals surface area contributed by atoms with Crippen molar-refractivity contribution in [3.8, 4) is 5.75 Å². The lowest BCUT2D eigenvalue weighted by Gasteiger charge is -2.45. The minimum absolute atomic E-state index is 0.0549. The molecule has 1 saturated carbocycles. The summed E-state index contributed by atoms with van der Waals surface area (Å²) in [6.07, 6.45) is 6.00. The Kier molecular flexibility index (Phi) is 7.40. The molecule has 2 unspecified atom stereocenters. The fourth-order valence-corrected chi connectivity index (χ4v) is 6.51. The molecule has 0 radical (unpaired) electrons. The molecule has 10 heteroatoms. The fourth-order valence-electron chi connectivity index (χ4n) is 6.25. The highest BCUT2D eigenvalue weighted by Crippen LogP contribution is 2.46. The molecule has 2 fully saturated rings. The standard InChI is InChI=1S/C28H34ClN3O6/c1-17-14-30-38-23(17)16-37-22-9-8-20(29)18-10-13-32(21(25(18)22)15-31-12-5-7-24(31)33)26(34)19-6-3-4-11-28(19,2)27(35)36/h8-9,14,19,21H,3-7,10-13,15-16H2,1-2H3,(H,35,36)/t19?,21?,28-/m0/s1. The smallest absolute Gasteiger partial charge is 0.310 e. The second kappa shape index (κ2) is 10.6. The second-order valence-electron chi connectivity index (χ2n) is 10.9. The number of benzene rings is 1. The van der Waals surface area contributed by atoms with E-state index in [1.165, 1.54) is 0 Å². The molecule has 1 aromatic heterocycles. The van der Waals surface area contributed by atoms with Crippen LogP contribution in [0.5, 0.6) is 5.75 Å². The molecule has 3 aliphatic rings. The first-order chi connectivity index (χ1) is 18.2. The summed E-state index contributed by atoms with van der Waals surface area (Å²) in [5.74, 6) is -0.517. The Morgan fingerprint density at radius 1 is 1.24 bits per heavy atom. The van der Waals surface area contributed by atoms with Crippen LogP contribution in [0.1, 0.15) is 73.9 Å². The van der Waals surface area contributed by atoms with Gasteiger partial charge in [0.2, 0.25) is 11.8 Å². The summed E-state index contributed by atoms with van der Waals surface area (Å²) in [6, 6.07) is 3.08. The number of carbonyl (C=O) groups is 3. The summed E-state index contributed by atoms with van der Waals surface area (Å²) >= 11 is 6.67. The van der Waals surface area contributed by atoms with E-state index in [0.717, 1.165) is 36.0 Å². The van der Waals surface area contributed by atoms with Gasteiger partial charge in [-0.15, -0.1) is 0 Å². The third kappa shape index (κ3) is 4.77. The van der Waals surface area contributed by atoms with Crippen LogP contribution in [0.25, 0.3) is 0 Å². The zero-order chi connectivity index (χ0) is 27.0. The van der Waals surface area contributed by atoms with E-state index in [2.05, 4.69) is 5.16 Å². The molecule has 3 heterocycles. The van der Waals surface area contributed by atoms with Crippen LogP contribution in [-0.2, 0) is 27.4 Å². The van der Waals surface area contributed by atoms with Gasteiger partial charge in [0, 0.05) is 42.2 Å². The van der Waals surface area contributed by atoms with Gasteiger partial charge in [-0.05, 0) is 57.2 Å². The number of carboxylic acid groups (broad SMARTS) is 1. The van der Waals surface area contributed by atoms with Gasteiger partial charge in [-0.2, -0.15) is 0 Å². The molecule has 5 rings (SSSR count). The number of carbonyl (C=O) groups excluding carboxylic acids is 2. The SMILES string of the molecule is Cc1cnoc1COc1ccc(Cl)c2c1C(CN1CCCC1=O)N(C(=O)C1CCCC[C@]1(C)C(=O)O)CC2. The number of carboxylic acids is 1. The van der Waals surface area contributed by atoms with Crippen molar-refractivity contribution in [1.29, 1.82) is 0 Å². The molecular formula is C28H34ClN3O6. The lowest BCUT2D eigenvalue weighted by molar-refractivity contribution is -0.162. The number of hydrogen-bond acceptors (Lipinski definition) is 6. The quantitative estimate of drug-likeness (QED) is 0.545. The number of fused-ring (bicyclic) bond motifs is 1. The Labute approximate surface area is 227 Å². The largest absolute Gasteiger partial charge is 0.485 e. The number of aliphatic carboxylic acids is 1. The van der Waals surface area contributed by atoms with Crippen molar-refractivity contribution in [2.75, 3.05) is 19.6 Å².